The number of carbonyl (C=O) groups is 1. The summed E-state index contributed by atoms with van der Waals surface area (Å²) >= 11 is 6.17. The number of rotatable bonds is 6. The van der Waals surface area contributed by atoms with E-state index in [1.807, 2.05) is 6.92 Å². The number of ether oxygens (including phenoxy) is 2. The molecule has 0 bridgehead atoms. The van der Waals surface area contributed by atoms with Crippen molar-refractivity contribution in [2.75, 3.05) is 27.8 Å². The molecule has 0 aromatic heterocycles. The van der Waals surface area contributed by atoms with E-state index in [0.29, 0.717) is 28.5 Å². The zero-order valence-corrected chi connectivity index (χ0v) is 11.9. The van der Waals surface area contributed by atoms with Crippen LogP contribution in [0, 0.1) is 0 Å². The van der Waals surface area contributed by atoms with Crippen molar-refractivity contribution >= 4 is 17.4 Å². The first-order chi connectivity index (χ1) is 8.60. The lowest BCUT2D eigenvalue weighted by Crippen LogP contribution is -2.20. The summed E-state index contributed by atoms with van der Waals surface area (Å²) in [5, 5.41) is 3.22. The van der Waals surface area contributed by atoms with E-state index >= 15 is 0 Å². The number of ketones is 1. The summed E-state index contributed by atoms with van der Waals surface area (Å²) < 4.78 is 10.5. The van der Waals surface area contributed by atoms with E-state index in [1.54, 1.807) is 27.3 Å². The zero-order chi connectivity index (χ0) is 13.7. The van der Waals surface area contributed by atoms with E-state index < -0.39 is 0 Å². The van der Waals surface area contributed by atoms with Gasteiger partial charge in [0, 0.05) is 17.2 Å². The Kier molecular flexibility index (Phi) is 5.44. The van der Waals surface area contributed by atoms with E-state index in [1.165, 1.54) is 0 Å². The quantitative estimate of drug-likeness (QED) is 0.807. The lowest BCUT2D eigenvalue weighted by molar-refractivity contribution is 0.0992. The number of carbonyl (C=O) groups excluding carboxylic acids is 1. The minimum atomic E-state index is -0.0553. The molecular formula is C13H18ClNO3. The number of hydrogen-bond acceptors (Lipinski definition) is 4. The molecule has 0 aliphatic heterocycles. The Morgan fingerprint density at radius 2 is 2.06 bits per heavy atom. The number of likely N-dealkylation sites (N-methyl/N-ethyl adjacent to an activating group) is 1. The van der Waals surface area contributed by atoms with E-state index in [2.05, 4.69) is 5.32 Å². The second kappa shape index (κ2) is 6.61. The van der Waals surface area contributed by atoms with Crippen molar-refractivity contribution in [3.8, 4) is 11.5 Å². The Labute approximate surface area is 112 Å². The maximum atomic E-state index is 12.1. The fourth-order valence-corrected chi connectivity index (χ4v) is 2.24. The predicted molar refractivity (Wildman–Crippen MR) is 72.2 cm³/mol. The molecule has 0 radical (unpaired) electrons. The monoisotopic (exact) mass is 271 g/mol. The van der Waals surface area contributed by atoms with Gasteiger partial charge in [0.25, 0.3) is 0 Å². The van der Waals surface area contributed by atoms with Crippen LogP contribution >= 0.6 is 11.6 Å². The second-order valence-electron chi connectivity index (χ2n) is 3.75. The first-order valence-electron chi connectivity index (χ1n) is 5.71. The molecule has 0 saturated heterocycles. The molecule has 18 heavy (non-hydrogen) atoms. The van der Waals surface area contributed by atoms with Gasteiger partial charge < -0.3 is 14.8 Å². The third-order valence-electron chi connectivity index (χ3n) is 2.69. The van der Waals surface area contributed by atoms with E-state index in [9.17, 15) is 4.79 Å². The first kappa shape index (κ1) is 14.8. The maximum absolute atomic E-state index is 12.1. The highest BCUT2D eigenvalue weighted by Gasteiger charge is 2.21. The normalized spacial score (nSPS) is 10.3. The molecule has 1 aromatic rings. The number of Topliss-reactive ketones (excluding diaryl/α,β-unsaturated/α-hetero) is 1. The molecule has 5 heteroatoms. The summed E-state index contributed by atoms with van der Waals surface area (Å²) in [6.07, 6.45) is 0.644. The van der Waals surface area contributed by atoms with Crippen LogP contribution in [0.3, 0.4) is 0 Å². The van der Waals surface area contributed by atoms with Crippen LogP contribution in [0.15, 0.2) is 6.07 Å². The van der Waals surface area contributed by atoms with Gasteiger partial charge in [-0.1, -0.05) is 18.5 Å². The summed E-state index contributed by atoms with van der Waals surface area (Å²) in [7, 11) is 4.82. The highest BCUT2D eigenvalue weighted by Crippen LogP contribution is 2.38. The molecule has 1 aromatic carbocycles. The maximum Gasteiger partial charge on any atom is 0.178 e. The number of nitrogens with one attached hydrogen (secondary N) is 1. The van der Waals surface area contributed by atoms with Gasteiger partial charge in [0.2, 0.25) is 0 Å². The van der Waals surface area contributed by atoms with Gasteiger partial charge >= 0.3 is 0 Å². The van der Waals surface area contributed by atoms with Crippen LogP contribution < -0.4 is 14.8 Å². The summed E-state index contributed by atoms with van der Waals surface area (Å²) in [6.45, 7) is 2.19. The molecule has 4 nitrogen and oxygen atoms in total. The Morgan fingerprint density at radius 1 is 1.39 bits per heavy atom. The molecule has 0 spiro atoms. The number of halogens is 1. The van der Waals surface area contributed by atoms with Gasteiger partial charge in [-0.2, -0.15) is 0 Å². The molecule has 100 valence electrons. The molecule has 1 N–H and O–H groups in total. The molecular weight excluding hydrogens is 254 g/mol. The molecule has 0 saturated carbocycles. The van der Waals surface area contributed by atoms with Crippen LogP contribution in [0.5, 0.6) is 11.5 Å². The lowest BCUT2D eigenvalue weighted by atomic mass is 9.99. The van der Waals surface area contributed by atoms with Crippen molar-refractivity contribution in [3.05, 3.63) is 22.2 Å². The van der Waals surface area contributed by atoms with Crippen LogP contribution in [-0.2, 0) is 6.42 Å². The largest absolute Gasteiger partial charge is 0.493 e. The Bertz CT molecular complexity index is 446. The summed E-state index contributed by atoms with van der Waals surface area (Å²) in [4.78, 5) is 12.1. The van der Waals surface area contributed by atoms with Crippen LogP contribution in [0.1, 0.15) is 22.8 Å². The molecule has 0 aliphatic carbocycles. The van der Waals surface area contributed by atoms with Crippen LogP contribution in [0.25, 0.3) is 0 Å². The minimum Gasteiger partial charge on any atom is -0.493 e. The van der Waals surface area contributed by atoms with Crippen LogP contribution in [0.4, 0.5) is 0 Å². The van der Waals surface area contributed by atoms with Gasteiger partial charge in [-0.3, -0.25) is 4.79 Å². The average molecular weight is 272 g/mol. The molecule has 0 amide bonds. The van der Waals surface area contributed by atoms with Crippen molar-refractivity contribution in [2.24, 2.45) is 0 Å². The lowest BCUT2D eigenvalue weighted by Gasteiger charge is -2.17. The van der Waals surface area contributed by atoms with E-state index in [0.717, 1.165) is 5.56 Å². The Morgan fingerprint density at radius 3 is 2.50 bits per heavy atom. The topological polar surface area (TPSA) is 47.6 Å². The van der Waals surface area contributed by atoms with Crippen molar-refractivity contribution in [1.82, 2.24) is 5.32 Å². The highest BCUT2D eigenvalue weighted by atomic mass is 35.5. The van der Waals surface area contributed by atoms with Gasteiger partial charge in [0.1, 0.15) is 0 Å². The molecule has 1 rings (SSSR count). The fraction of sp³-hybridized carbons (Fsp3) is 0.462. The summed E-state index contributed by atoms with van der Waals surface area (Å²) in [5.74, 6) is 1.06. The van der Waals surface area contributed by atoms with Gasteiger partial charge in [-0.05, 0) is 13.5 Å². The second-order valence-corrected chi connectivity index (χ2v) is 4.16. The fourth-order valence-electron chi connectivity index (χ4n) is 1.92. The molecule has 0 aliphatic rings. The first-order valence-corrected chi connectivity index (χ1v) is 6.09. The molecule has 0 unspecified atom stereocenters. The van der Waals surface area contributed by atoms with E-state index in [-0.39, 0.29) is 12.3 Å². The minimum absolute atomic E-state index is 0.0553. The predicted octanol–water partition coefficient (Wildman–Crippen LogP) is 2.32. The summed E-state index contributed by atoms with van der Waals surface area (Å²) in [5.41, 5.74) is 1.29. The standard InChI is InChI=1S/C13H18ClNO3/c1-5-8-12(10(16)7-15-2)9(14)6-11(17-3)13(8)18-4/h6,15H,5,7H2,1-4H3. The van der Waals surface area contributed by atoms with Gasteiger partial charge in [-0.25, -0.2) is 0 Å². The SMILES string of the molecule is CCc1c(OC)c(OC)cc(Cl)c1C(=O)CNC. The third kappa shape index (κ3) is 2.76. The molecule has 0 atom stereocenters. The Balaban J connectivity index is 3.45. The smallest absolute Gasteiger partial charge is 0.178 e. The van der Waals surface area contributed by atoms with E-state index in [4.69, 9.17) is 21.1 Å². The number of hydrogen-bond donors (Lipinski definition) is 1. The summed E-state index contributed by atoms with van der Waals surface area (Å²) in [6, 6.07) is 1.61. The highest BCUT2D eigenvalue weighted by molar-refractivity contribution is 6.34. The van der Waals surface area contributed by atoms with Crippen molar-refractivity contribution in [2.45, 2.75) is 13.3 Å². The van der Waals surface area contributed by atoms with Crippen molar-refractivity contribution in [3.63, 3.8) is 0 Å². The van der Waals surface area contributed by atoms with Crippen molar-refractivity contribution in [1.29, 1.82) is 0 Å². The van der Waals surface area contributed by atoms with Crippen LogP contribution in [-0.4, -0.2) is 33.6 Å². The zero-order valence-electron chi connectivity index (χ0n) is 11.1. The van der Waals surface area contributed by atoms with Gasteiger partial charge in [-0.15, -0.1) is 0 Å². The number of benzene rings is 1. The Hall–Kier alpha value is -1.26. The average Bonchev–Trinajstić information content (AvgIpc) is 2.37. The van der Waals surface area contributed by atoms with Crippen LogP contribution in [0.2, 0.25) is 5.02 Å². The van der Waals surface area contributed by atoms with Gasteiger partial charge in [0.15, 0.2) is 17.3 Å². The molecule has 0 heterocycles. The van der Waals surface area contributed by atoms with Gasteiger partial charge in [0.05, 0.1) is 25.8 Å². The molecule has 0 fully saturated rings. The van der Waals surface area contributed by atoms with Crippen molar-refractivity contribution < 1.29 is 14.3 Å². The third-order valence-corrected chi connectivity index (χ3v) is 2.99. The number of methoxy groups -OCH3 is 2.